The molecule has 21 heavy (non-hydrogen) atoms. The van der Waals surface area contributed by atoms with Gasteiger partial charge in [-0.2, -0.15) is 0 Å². The summed E-state index contributed by atoms with van der Waals surface area (Å²) in [5.41, 5.74) is 9.18. The van der Waals surface area contributed by atoms with E-state index in [9.17, 15) is 4.39 Å². The molecule has 0 aliphatic carbocycles. The van der Waals surface area contributed by atoms with Crippen molar-refractivity contribution >= 4 is 11.5 Å². The molecule has 0 saturated heterocycles. The summed E-state index contributed by atoms with van der Waals surface area (Å²) in [4.78, 5) is 2.05. The molecule has 0 radical (unpaired) electrons. The predicted molar refractivity (Wildman–Crippen MR) is 82.2 cm³/mol. The fraction of sp³-hybridized carbons (Fsp3) is 0.188. The van der Waals surface area contributed by atoms with Crippen LogP contribution in [0.25, 0.3) is 0 Å². The Hall–Kier alpha value is -2.56. The highest BCUT2D eigenvalue weighted by Gasteiger charge is 2.06. The molecule has 0 aliphatic rings. The quantitative estimate of drug-likeness (QED) is 0.393. The highest BCUT2D eigenvalue weighted by molar-refractivity contribution is 5.97. The van der Waals surface area contributed by atoms with Gasteiger partial charge in [0.25, 0.3) is 0 Å². The summed E-state index contributed by atoms with van der Waals surface area (Å²) in [5.74, 6) is -0.138. The first-order valence-corrected chi connectivity index (χ1v) is 6.55. The molecule has 0 atom stereocenters. The molecule has 2 aromatic carbocycles. The number of hydrogen-bond acceptors (Lipinski definition) is 3. The molecule has 3 N–H and O–H groups in total. The number of benzene rings is 2. The van der Waals surface area contributed by atoms with Crippen LogP contribution in [0, 0.1) is 12.7 Å². The molecule has 0 unspecified atom stereocenters. The summed E-state index contributed by atoms with van der Waals surface area (Å²) in [7, 11) is 1.96. The Balaban J connectivity index is 2.14. The Kier molecular flexibility index (Phi) is 4.42. The SMILES string of the molecule is Cc1cc(F)ccc1CN(C)c1ccc(/C(N)=N/O)cc1. The fourth-order valence-electron chi connectivity index (χ4n) is 2.13. The number of aryl methyl sites for hydroxylation is 1. The molecule has 110 valence electrons. The molecule has 2 aromatic rings. The van der Waals surface area contributed by atoms with Gasteiger partial charge in [0.1, 0.15) is 5.82 Å². The molecular formula is C16H18FN3O. The lowest BCUT2D eigenvalue weighted by Gasteiger charge is -2.21. The average Bonchev–Trinajstić information content (AvgIpc) is 2.49. The molecule has 0 aliphatic heterocycles. The van der Waals surface area contributed by atoms with Gasteiger partial charge >= 0.3 is 0 Å². The predicted octanol–water partition coefficient (Wildman–Crippen LogP) is 2.87. The van der Waals surface area contributed by atoms with Crippen molar-refractivity contribution in [3.8, 4) is 0 Å². The second kappa shape index (κ2) is 6.26. The fourth-order valence-corrected chi connectivity index (χ4v) is 2.13. The largest absolute Gasteiger partial charge is 0.409 e. The minimum atomic E-state index is -0.220. The monoisotopic (exact) mass is 287 g/mol. The lowest BCUT2D eigenvalue weighted by atomic mass is 10.1. The van der Waals surface area contributed by atoms with Crippen LogP contribution in [0.3, 0.4) is 0 Å². The number of amidine groups is 1. The lowest BCUT2D eigenvalue weighted by Crippen LogP contribution is -2.18. The number of rotatable bonds is 4. The van der Waals surface area contributed by atoms with E-state index in [-0.39, 0.29) is 11.7 Å². The van der Waals surface area contributed by atoms with E-state index in [1.807, 2.05) is 26.1 Å². The zero-order chi connectivity index (χ0) is 15.4. The molecular weight excluding hydrogens is 269 g/mol. The van der Waals surface area contributed by atoms with Gasteiger partial charge in [-0.05, 0) is 54.4 Å². The molecule has 0 amide bonds. The summed E-state index contributed by atoms with van der Waals surface area (Å²) in [5, 5.41) is 11.6. The Labute approximate surface area is 123 Å². The number of nitrogens with two attached hydrogens (primary N) is 1. The van der Waals surface area contributed by atoms with E-state index in [2.05, 4.69) is 10.1 Å². The second-order valence-corrected chi connectivity index (χ2v) is 4.96. The third-order valence-corrected chi connectivity index (χ3v) is 3.42. The number of oxime groups is 1. The lowest BCUT2D eigenvalue weighted by molar-refractivity contribution is 0.318. The Morgan fingerprint density at radius 2 is 1.90 bits per heavy atom. The highest BCUT2D eigenvalue weighted by Crippen LogP contribution is 2.18. The summed E-state index contributed by atoms with van der Waals surface area (Å²) in [6.45, 7) is 2.57. The minimum Gasteiger partial charge on any atom is -0.409 e. The standard InChI is InChI=1S/C16H18FN3O/c1-11-9-14(17)6-3-13(11)10-20(2)15-7-4-12(5-8-15)16(18)19-21/h3-9,21H,10H2,1-2H3,(H2,18,19). The van der Waals surface area contributed by atoms with Crippen LogP contribution in [0.5, 0.6) is 0 Å². The van der Waals surface area contributed by atoms with Gasteiger partial charge in [0.2, 0.25) is 0 Å². The number of halogens is 1. The maximum atomic E-state index is 13.1. The van der Waals surface area contributed by atoms with Crippen LogP contribution >= 0.6 is 0 Å². The van der Waals surface area contributed by atoms with Gasteiger partial charge in [0, 0.05) is 24.8 Å². The number of anilines is 1. The zero-order valence-corrected chi connectivity index (χ0v) is 12.0. The van der Waals surface area contributed by atoms with Crippen molar-refractivity contribution in [1.82, 2.24) is 0 Å². The second-order valence-electron chi connectivity index (χ2n) is 4.96. The van der Waals surface area contributed by atoms with Crippen molar-refractivity contribution in [2.75, 3.05) is 11.9 Å². The van der Waals surface area contributed by atoms with Crippen LogP contribution in [-0.4, -0.2) is 18.1 Å². The van der Waals surface area contributed by atoms with E-state index in [4.69, 9.17) is 10.9 Å². The molecule has 0 heterocycles. The third kappa shape index (κ3) is 3.51. The average molecular weight is 287 g/mol. The van der Waals surface area contributed by atoms with Crippen LogP contribution in [-0.2, 0) is 6.54 Å². The molecule has 0 saturated carbocycles. The highest BCUT2D eigenvalue weighted by atomic mass is 19.1. The van der Waals surface area contributed by atoms with Gasteiger partial charge in [0.15, 0.2) is 5.84 Å². The molecule has 0 aromatic heterocycles. The van der Waals surface area contributed by atoms with E-state index in [1.54, 1.807) is 18.2 Å². The van der Waals surface area contributed by atoms with E-state index in [1.165, 1.54) is 12.1 Å². The molecule has 2 rings (SSSR count). The zero-order valence-electron chi connectivity index (χ0n) is 12.0. The Morgan fingerprint density at radius 3 is 2.48 bits per heavy atom. The van der Waals surface area contributed by atoms with Crippen molar-refractivity contribution in [3.63, 3.8) is 0 Å². The topological polar surface area (TPSA) is 61.8 Å². The van der Waals surface area contributed by atoms with Crippen LogP contribution in [0.15, 0.2) is 47.6 Å². The van der Waals surface area contributed by atoms with E-state index >= 15 is 0 Å². The van der Waals surface area contributed by atoms with Crippen molar-refractivity contribution in [2.24, 2.45) is 10.9 Å². The first-order valence-electron chi connectivity index (χ1n) is 6.55. The van der Waals surface area contributed by atoms with Crippen molar-refractivity contribution in [1.29, 1.82) is 0 Å². The summed E-state index contributed by atoms with van der Waals surface area (Å²) in [6, 6.07) is 12.2. The van der Waals surface area contributed by atoms with E-state index in [0.717, 1.165) is 16.8 Å². The molecule has 4 nitrogen and oxygen atoms in total. The number of hydrogen-bond donors (Lipinski definition) is 2. The first kappa shape index (κ1) is 14.8. The summed E-state index contributed by atoms with van der Waals surface area (Å²) < 4.78 is 13.1. The van der Waals surface area contributed by atoms with E-state index in [0.29, 0.717) is 12.1 Å². The Bertz CT molecular complexity index is 653. The van der Waals surface area contributed by atoms with Gasteiger partial charge in [-0.15, -0.1) is 0 Å². The van der Waals surface area contributed by atoms with Gasteiger partial charge in [-0.3, -0.25) is 0 Å². The molecule has 0 fully saturated rings. The van der Waals surface area contributed by atoms with Gasteiger partial charge < -0.3 is 15.8 Å². The third-order valence-electron chi connectivity index (χ3n) is 3.42. The smallest absolute Gasteiger partial charge is 0.170 e. The van der Waals surface area contributed by atoms with Crippen molar-refractivity contribution < 1.29 is 9.60 Å². The first-order chi connectivity index (χ1) is 10.0. The normalized spacial score (nSPS) is 11.5. The number of nitrogens with zero attached hydrogens (tertiary/aromatic N) is 2. The Morgan fingerprint density at radius 1 is 1.24 bits per heavy atom. The van der Waals surface area contributed by atoms with Crippen molar-refractivity contribution in [3.05, 3.63) is 65.0 Å². The van der Waals surface area contributed by atoms with Gasteiger partial charge in [0.05, 0.1) is 0 Å². The maximum absolute atomic E-state index is 13.1. The molecule has 5 heteroatoms. The van der Waals surface area contributed by atoms with Crippen LogP contribution < -0.4 is 10.6 Å². The van der Waals surface area contributed by atoms with Gasteiger partial charge in [-0.1, -0.05) is 11.2 Å². The summed E-state index contributed by atoms with van der Waals surface area (Å²) in [6.07, 6.45) is 0. The molecule has 0 spiro atoms. The van der Waals surface area contributed by atoms with E-state index < -0.39 is 0 Å². The van der Waals surface area contributed by atoms with Crippen LogP contribution in [0.2, 0.25) is 0 Å². The van der Waals surface area contributed by atoms with Gasteiger partial charge in [-0.25, -0.2) is 4.39 Å². The molecule has 0 bridgehead atoms. The van der Waals surface area contributed by atoms with Crippen molar-refractivity contribution in [2.45, 2.75) is 13.5 Å². The van der Waals surface area contributed by atoms with Crippen LogP contribution in [0.4, 0.5) is 10.1 Å². The van der Waals surface area contributed by atoms with Crippen LogP contribution in [0.1, 0.15) is 16.7 Å². The minimum absolute atomic E-state index is 0.0820. The maximum Gasteiger partial charge on any atom is 0.170 e. The summed E-state index contributed by atoms with van der Waals surface area (Å²) >= 11 is 0.